The normalized spacial score (nSPS) is 10.1. The second-order valence-electron chi connectivity index (χ2n) is 3.19. The molecule has 2 nitrogen and oxygen atoms in total. The molecule has 0 amide bonds. The van der Waals surface area contributed by atoms with Crippen molar-refractivity contribution in [2.45, 2.75) is 17.6 Å². The monoisotopic (exact) mass is 334 g/mol. The van der Waals surface area contributed by atoms with Crippen LogP contribution in [-0.4, -0.2) is 13.1 Å². The van der Waals surface area contributed by atoms with Crippen molar-refractivity contribution in [3.8, 4) is 0 Å². The molecule has 0 radical (unpaired) electrons. The maximum Gasteiger partial charge on any atom is 0.338 e. The van der Waals surface area contributed by atoms with Crippen LogP contribution in [0, 0.1) is 6.92 Å². The minimum atomic E-state index is -0.282. The Labute approximate surface area is 106 Å². The standard InChI is InChI=1S/C11H12Br2O2/c1-7-3-8(5-12)9(6-13)4-10(7)11(14)15-2/h3-4H,5-6H2,1-2H3. The Morgan fingerprint density at radius 1 is 1.27 bits per heavy atom. The summed E-state index contributed by atoms with van der Waals surface area (Å²) in [5.41, 5.74) is 3.88. The molecule has 0 aromatic heterocycles. The van der Waals surface area contributed by atoms with E-state index in [2.05, 4.69) is 31.9 Å². The number of benzene rings is 1. The molecule has 0 aliphatic rings. The molecule has 0 atom stereocenters. The highest BCUT2D eigenvalue weighted by Gasteiger charge is 2.12. The molecule has 0 spiro atoms. The Hall–Kier alpha value is -0.350. The average Bonchev–Trinajstić information content (AvgIpc) is 2.27. The molecular formula is C11H12Br2O2. The molecule has 0 bridgehead atoms. The predicted molar refractivity (Wildman–Crippen MR) is 67.8 cm³/mol. The molecule has 0 saturated carbocycles. The molecule has 4 heteroatoms. The zero-order chi connectivity index (χ0) is 11.4. The summed E-state index contributed by atoms with van der Waals surface area (Å²) in [6.45, 7) is 1.91. The lowest BCUT2D eigenvalue weighted by molar-refractivity contribution is 0.0600. The van der Waals surface area contributed by atoms with E-state index >= 15 is 0 Å². The lowest BCUT2D eigenvalue weighted by Gasteiger charge is -2.10. The molecule has 1 rings (SSSR count). The number of rotatable bonds is 3. The van der Waals surface area contributed by atoms with Gasteiger partial charge in [0.2, 0.25) is 0 Å². The summed E-state index contributed by atoms with van der Waals surface area (Å²) in [6, 6.07) is 3.89. The van der Waals surface area contributed by atoms with Gasteiger partial charge in [-0.05, 0) is 29.7 Å². The number of aryl methyl sites for hydroxylation is 1. The molecular weight excluding hydrogens is 324 g/mol. The van der Waals surface area contributed by atoms with Crippen molar-refractivity contribution in [2.75, 3.05) is 7.11 Å². The van der Waals surface area contributed by atoms with Crippen LogP contribution >= 0.6 is 31.9 Å². The van der Waals surface area contributed by atoms with E-state index < -0.39 is 0 Å². The smallest absolute Gasteiger partial charge is 0.338 e. The number of carbonyl (C=O) groups excluding carboxylic acids is 1. The summed E-state index contributed by atoms with van der Waals surface area (Å²) >= 11 is 6.83. The topological polar surface area (TPSA) is 26.3 Å². The zero-order valence-electron chi connectivity index (χ0n) is 8.64. The Kier molecular flexibility index (Phi) is 4.80. The maximum atomic E-state index is 11.5. The van der Waals surface area contributed by atoms with E-state index in [0.29, 0.717) is 5.56 Å². The summed E-state index contributed by atoms with van der Waals surface area (Å²) in [5.74, 6) is -0.282. The van der Waals surface area contributed by atoms with Crippen molar-refractivity contribution >= 4 is 37.8 Å². The fraction of sp³-hybridized carbons (Fsp3) is 0.364. The Balaban J connectivity index is 3.25. The van der Waals surface area contributed by atoms with E-state index in [0.717, 1.165) is 21.8 Å². The number of ether oxygens (including phenoxy) is 1. The van der Waals surface area contributed by atoms with Gasteiger partial charge in [0.05, 0.1) is 12.7 Å². The van der Waals surface area contributed by atoms with E-state index in [1.54, 1.807) is 0 Å². The van der Waals surface area contributed by atoms with Gasteiger partial charge >= 0.3 is 5.97 Å². The molecule has 82 valence electrons. The van der Waals surface area contributed by atoms with Crippen LogP contribution in [0.25, 0.3) is 0 Å². The molecule has 0 unspecified atom stereocenters. The molecule has 0 aliphatic heterocycles. The number of alkyl halides is 2. The van der Waals surface area contributed by atoms with Gasteiger partial charge in [-0.1, -0.05) is 37.9 Å². The van der Waals surface area contributed by atoms with Gasteiger partial charge in [0.1, 0.15) is 0 Å². The van der Waals surface area contributed by atoms with Crippen LogP contribution in [0.4, 0.5) is 0 Å². The van der Waals surface area contributed by atoms with Crippen LogP contribution in [0.5, 0.6) is 0 Å². The molecule has 0 heterocycles. The van der Waals surface area contributed by atoms with Crippen LogP contribution in [-0.2, 0) is 15.4 Å². The third-order valence-electron chi connectivity index (χ3n) is 2.24. The van der Waals surface area contributed by atoms with E-state index in [-0.39, 0.29) is 5.97 Å². The van der Waals surface area contributed by atoms with Gasteiger partial charge in [-0.15, -0.1) is 0 Å². The van der Waals surface area contributed by atoms with Crippen molar-refractivity contribution in [3.63, 3.8) is 0 Å². The molecule has 15 heavy (non-hydrogen) atoms. The van der Waals surface area contributed by atoms with Crippen LogP contribution < -0.4 is 0 Å². The van der Waals surface area contributed by atoms with E-state index in [1.165, 1.54) is 12.7 Å². The van der Waals surface area contributed by atoms with Gasteiger partial charge in [0.15, 0.2) is 0 Å². The van der Waals surface area contributed by atoms with Gasteiger partial charge in [-0.25, -0.2) is 4.79 Å². The SMILES string of the molecule is COC(=O)c1cc(CBr)c(CBr)cc1C. The van der Waals surface area contributed by atoms with E-state index in [1.807, 2.05) is 19.1 Å². The van der Waals surface area contributed by atoms with E-state index in [9.17, 15) is 4.79 Å². The van der Waals surface area contributed by atoms with Gasteiger partial charge in [-0.3, -0.25) is 0 Å². The fourth-order valence-corrected chi connectivity index (χ4v) is 2.44. The molecule has 0 fully saturated rings. The molecule has 0 aliphatic carbocycles. The summed E-state index contributed by atoms with van der Waals surface area (Å²) < 4.78 is 4.72. The summed E-state index contributed by atoms with van der Waals surface area (Å²) in [6.07, 6.45) is 0. The number of carbonyl (C=O) groups is 1. The van der Waals surface area contributed by atoms with Crippen LogP contribution in [0.3, 0.4) is 0 Å². The quantitative estimate of drug-likeness (QED) is 0.623. The van der Waals surface area contributed by atoms with Gasteiger partial charge < -0.3 is 4.74 Å². The lowest BCUT2D eigenvalue weighted by Crippen LogP contribution is -2.06. The van der Waals surface area contributed by atoms with E-state index in [4.69, 9.17) is 4.74 Å². The molecule has 1 aromatic rings. The third kappa shape index (κ3) is 2.82. The first-order valence-corrected chi connectivity index (χ1v) is 6.71. The third-order valence-corrected chi connectivity index (χ3v) is 3.45. The van der Waals surface area contributed by atoms with Crippen molar-refractivity contribution in [2.24, 2.45) is 0 Å². The van der Waals surface area contributed by atoms with Crippen molar-refractivity contribution in [1.82, 2.24) is 0 Å². The first-order valence-electron chi connectivity index (χ1n) is 4.46. The van der Waals surface area contributed by atoms with Gasteiger partial charge in [-0.2, -0.15) is 0 Å². The first-order chi connectivity index (χ1) is 7.13. The summed E-state index contributed by atoms with van der Waals surface area (Å²) in [5, 5.41) is 1.52. The Morgan fingerprint density at radius 3 is 2.27 bits per heavy atom. The largest absolute Gasteiger partial charge is 0.465 e. The maximum absolute atomic E-state index is 11.5. The summed E-state index contributed by atoms with van der Waals surface area (Å²) in [4.78, 5) is 11.5. The van der Waals surface area contributed by atoms with Crippen molar-refractivity contribution in [3.05, 3.63) is 34.4 Å². The second-order valence-corrected chi connectivity index (χ2v) is 4.32. The van der Waals surface area contributed by atoms with Crippen molar-refractivity contribution in [1.29, 1.82) is 0 Å². The lowest BCUT2D eigenvalue weighted by atomic mass is 10.0. The predicted octanol–water partition coefficient (Wildman–Crippen LogP) is 3.57. The van der Waals surface area contributed by atoms with Crippen LogP contribution in [0.2, 0.25) is 0 Å². The number of hydrogen-bond donors (Lipinski definition) is 0. The number of methoxy groups -OCH3 is 1. The van der Waals surface area contributed by atoms with Gasteiger partial charge in [0, 0.05) is 10.7 Å². The summed E-state index contributed by atoms with van der Waals surface area (Å²) in [7, 11) is 1.40. The number of hydrogen-bond acceptors (Lipinski definition) is 2. The highest BCUT2D eigenvalue weighted by atomic mass is 79.9. The number of halogens is 2. The van der Waals surface area contributed by atoms with Crippen LogP contribution in [0.15, 0.2) is 12.1 Å². The first kappa shape index (κ1) is 12.7. The highest BCUT2D eigenvalue weighted by Crippen LogP contribution is 2.21. The highest BCUT2D eigenvalue weighted by molar-refractivity contribution is 9.09. The number of esters is 1. The zero-order valence-corrected chi connectivity index (χ0v) is 11.8. The minimum Gasteiger partial charge on any atom is -0.465 e. The van der Waals surface area contributed by atoms with Crippen molar-refractivity contribution < 1.29 is 9.53 Å². The molecule has 1 aromatic carbocycles. The average molecular weight is 336 g/mol. The Morgan fingerprint density at radius 2 is 1.80 bits per heavy atom. The molecule has 0 saturated heterocycles. The fourth-order valence-electron chi connectivity index (χ4n) is 1.39. The van der Waals surface area contributed by atoms with Crippen LogP contribution in [0.1, 0.15) is 27.0 Å². The Bertz CT molecular complexity index is 375. The van der Waals surface area contributed by atoms with Gasteiger partial charge in [0.25, 0.3) is 0 Å². The minimum absolute atomic E-state index is 0.282. The second kappa shape index (κ2) is 5.66. The molecule has 0 N–H and O–H groups in total.